The third kappa shape index (κ3) is 4.14. The highest BCUT2D eigenvalue weighted by Gasteiger charge is 2.48. The van der Waals surface area contributed by atoms with E-state index in [2.05, 4.69) is 0 Å². The van der Waals surface area contributed by atoms with Gasteiger partial charge in [0.05, 0.1) is 5.69 Å². The summed E-state index contributed by atoms with van der Waals surface area (Å²) in [6, 6.07) is 8.91. The summed E-state index contributed by atoms with van der Waals surface area (Å²) >= 11 is 0. The van der Waals surface area contributed by atoms with Crippen molar-refractivity contribution in [3.63, 3.8) is 0 Å². The molecule has 0 spiro atoms. The zero-order valence-corrected chi connectivity index (χ0v) is 15.8. The third-order valence-corrected chi connectivity index (χ3v) is 6.17. The van der Waals surface area contributed by atoms with Gasteiger partial charge in [0.2, 0.25) is 5.91 Å². The number of hydrogen-bond acceptors (Lipinski definition) is 5. The molecule has 0 aromatic heterocycles. The van der Waals surface area contributed by atoms with Crippen molar-refractivity contribution in [3.05, 3.63) is 53.8 Å². The lowest BCUT2D eigenvalue weighted by Crippen LogP contribution is -2.47. The number of piperazine rings is 1. The van der Waals surface area contributed by atoms with Gasteiger partial charge in [0.15, 0.2) is 0 Å². The zero-order valence-electron chi connectivity index (χ0n) is 15.0. The number of anilines is 2. The minimum absolute atomic E-state index is 0.188. The fourth-order valence-electron chi connectivity index (χ4n) is 3.13. The molecule has 6 nitrogen and oxygen atoms in total. The van der Waals surface area contributed by atoms with Crippen LogP contribution in [0.2, 0.25) is 0 Å². The van der Waals surface area contributed by atoms with Crippen LogP contribution in [0.5, 0.6) is 0 Å². The number of carbonyl (C=O) groups excluding carboxylic acids is 1. The van der Waals surface area contributed by atoms with Crippen LogP contribution in [0.1, 0.15) is 10.4 Å². The second kappa shape index (κ2) is 7.54. The standard InChI is InChI=1S/C18H17F4N3O3S/c19-13-3-6-15(16(11-13)29(27,28)18(20,21)22)25-9-7-24(8-10-25)14-4-1-12(2-5-14)17(23)26/h1-6,11H,7-10H2,(H2,23,26). The summed E-state index contributed by atoms with van der Waals surface area (Å²) in [7, 11) is -5.70. The van der Waals surface area contributed by atoms with Gasteiger partial charge in [0.1, 0.15) is 10.7 Å². The van der Waals surface area contributed by atoms with Crippen molar-refractivity contribution in [2.75, 3.05) is 36.0 Å². The van der Waals surface area contributed by atoms with Crippen LogP contribution >= 0.6 is 0 Å². The van der Waals surface area contributed by atoms with Gasteiger partial charge in [0, 0.05) is 37.4 Å². The van der Waals surface area contributed by atoms with Crippen molar-refractivity contribution in [2.24, 2.45) is 5.73 Å². The van der Waals surface area contributed by atoms with E-state index in [0.29, 0.717) is 24.7 Å². The van der Waals surface area contributed by atoms with E-state index in [-0.39, 0.29) is 18.8 Å². The Hall–Kier alpha value is -2.82. The maximum atomic E-state index is 13.5. The van der Waals surface area contributed by atoms with E-state index in [9.17, 15) is 30.8 Å². The minimum Gasteiger partial charge on any atom is -0.368 e. The number of alkyl halides is 3. The van der Waals surface area contributed by atoms with E-state index in [4.69, 9.17) is 5.73 Å². The summed E-state index contributed by atoms with van der Waals surface area (Å²) < 4.78 is 76.3. The molecular weight excluding hydrogens is 414 g/mol. The molecule has 0 atom stereocenters. The number of halogens is 4. The zero-order chi connectivity index (χ0) is 21.4. The van der Waals surface area contributed by atoms with Gasteiger partial charge in [-0.3, -0.25) is 4.79 Å². The van der Waals surface area contributed by atoms with E-state index in [0.717, 1.165) is 17.8 Å². The summed E-state index contributed by atoms with van der Waals surface area (Å²) in [4.78, 5) is 13.5. The maximum absolute atomic E-state index is 13.5. The van der Waals surface area contributed by atoms with Crippen molar-refractivity contribution < 1.29 is 30.8 Å². The predicted octanol–water partition coefficient (Wildman–Crippen LogP) is 2.54. The van der Waals surface area contributed by atoms with Crippen LogP contribution in [0.25, 0.3) is 0 Å². The highest BCUT2D eigenvalue weighted by molar-refractivity contribution is 7.92. The number of rotatable bonds is 4. The molecule has 0 unspecified atom stereocenters. The average Bonchev–Trinajstić information content (AvgIpc) is 2.67. The van der Waals surface area contributed by atoms with Gasteiger partial charge < -0.3 is 15.5 Å². The molecule has 156 valence electrons. The molecule has 11 heteroatoms. The van der Waals surface area contributed by atoms with Crippen molar-refractivity contribution in [1.82, 2.24) is 0 Å². The van der Waals surface area contributed by atoms with E-state index < -0.39 is 32.0 Å². The molecule has 0 aliphatic carbocycles. The molecular formula is C18H17F4N3O3S. The van der Waals surface area contributed by atoms with Crippen molar-refractivity contribution in [2.45, 2.75) is 10.4 Å². The smallest absolute Gasteiger partial charge is 0.368 e. The Bertz CT molecular complexity index is 1020. The van der Waals surface area contributed by atoms with Crippen LogP contribution in [0.15, 0.2) is 47.4 Å². The molecule has 3 rings (SSSR count). The predicted molar refractivity (Wildman–Crippen MR) is 99.0 cm³/mol. The molecule has 0 saturated carbocycles. The molecule has 0 radical (unpaired) electrons. The number of primary amides is 1. The van der Waals surface area contributed by atoms with Crippen LogP contribution in [-0.4, -0.2) is 46.0 Å². The highest BCUT2D eigenvalue weighted by atomic mass is 32.2. The van der Waals surface area contributed by atoms with E-state index >= 15 is 0 Å². The summed E-state index contributed by atoms with van der Waals surface area (Å²) in [5.41, 5.74) is 0.621. The van der Waals surface area contributed by atoms with Gasteiger partial charge in [-0.2, -0.15) is 13.2 Å². The first-order valence-electron chi connectivity index (χ1n) is 8.51. The SMILES string of the molecule is NC(=O)c1ccc(N2CCN(c3ccc(F)cc3S(=O)(=O)C(F)(F)F)CC2)cc1. The quantitative estimate of drug-likeness (QED) is 0.753. The maximum Gasteiger partial charge on any atom is 0.501 e. The molecule has 1 aliphatic heterocycles. The van der Waals surface area contributed by atoms with E-state index in [1.807, 2.05) is 4.90 Å². The lowest BCUT2D eigenvalue weighted by atomic mass is 10.1. The van der Waals surface area contributed by atoms with Crippen LogP contribution in [0.4, 0.5) is 28.9 Å². The molecule has 0 bridgehead atoms. The van der Waals surface area contributed by atoms with Gasteiger partial charge in [-0.1, -0.05) is 0 Å². The second-order valence-electron chi connectivity index (χ2n) is 6.45. The summed E-state index contributed by atoms with van der Waals surface area (Å²) in [5, 5.41) is 0. The van der Waals surface area contributed by atoms with Gasteiger partial charge in [-0.25, -0.2) is 12.8 Å². The molecule has 29 heavy (non-hydrogen) atoms. The fraction of sp³-hybridized carbons (Fsp3) is 0.278. The fourth-order valence-corrected chi connectivity index (χ4v) is 4.12. The lowest BCUT2D eigenvalue weighted by Gasteiger charge is -2.38. The molecule has 2 aromatic rings. The Kier molecular flexibility index (Phi) is 5.44. The number of benzene rings is 2. The Balaban J connectivity index is 1.82. The Morgan fingerprint density at radius 2 is 1.48 bits per heavy atom. The second-order valence-corrected chi connectivity index (χ2v) is 8.36. The monoisotopic (exact) mass is 431 g/mol. The van der Waals surface area contributed by atoms with Crippen molar-refractivity contribution in [1.29, 1.82) is 0 Å². The first-order chi connectivity index (χ1) is 13.5. The molecule has 2 aromatic carbocycles. The van der Waals surface area contributed by atoms with Crippen molar-refractivity contribution in [3.8, 4) is 0 Å². The van der Waals surface area contributed by atoms with Crippen molar-refractivity contribution >= 4 is 27.1 Å². The first kappa shape index (κ1) is 20.9. The van der Waals surface area contributed by atoms with Gasteiger partial charge in [0.25, 0.3) is 9.84 Å². The number of nitrogens with zero attached hydrogens (tertiary/aromatic N) is 2. The van der Waals surface area contributed by atoms with Crippen LogP contribution < -0.4 is 15.5 Å². The normalized spacial score (nSPS) is 15.4. The van der Waals surface area contributed by atoms with Gasteiger partial charge in [-0.15, -0.1) is 0 Å². The third-order valence-electron chi connectivity index (χ3n) is 4.65. The highest BCUT2D eigenvalue weighted by Crippen LogP contribution is 2.36. The van der Waals surface area contributed by atoms with Crippen LogP contribution in [-0.2, 0) is 9.84 Å². The summed E-state index contributed by atoms with van der Waals surface area (Å²) in [6.07, 6.45) is 0. The molecule has 1 amide bonds. The summed E-state index contributed by atoms with van der Waals surface area (Å²) in [5.74, 6) is -1.62. The van der Waals surface area contributed by atoms with Gasteiger partial charge in [-0.05, 0) is 42.5 Å². The molecule has 1 heterocycles. The van der Waals surface area contributed by atoms with E-state index in [1.54, 1.807) is 24.3 Å². The molecule has 1 aliphatic rings. The number of amides is 1. The molecule has 2 N–H and O–H groups in total. The molecule has 1 saturated heterocycles. The first-order valence-corrected chi connectivity index (χ1v) is 9.99. The number of hydrogen-bond donors (Lipinski definition) is 1. The average molecular weight is 431 g/mol. The minimum atomic E-state index is -5.70. The summed E-state index contributed by atoms with van der Waals surface area (Å²) in [6.45, 7) is 1.23. The Labute approximate surface area is 164 Å². The number of nitrogens with two attached hydrogens (primary N) is 1. The lowest BCUT2D eigenvalue weighted by molar-refractivity contribution is -0.0435. The molecule has 1 fully saturated rings. The largest absolute Gasteiger partial charge is 0.501 e. The number of sulfone groups is 1. The number of carbonyl (C=O) groups is 1. The topological polar surface area (TPSA) is 83.7 Å². The van der Waals surface area contributed by atoms with Crippen LogP contribution in [0.3, 0.4) is 0 Å². The Morgan fingerprint density at radius 3 is 2.00 bits per heavy atom. The van der Waals surface area contributed by atoms with E-state index in [1.165, 1.54) is 4.90 Å². The Morgan fingerprint density at radius 1 is 0.931 bits per heavy atom. The van der Waals surface area contributed by atoms with Crippen LogP contribution in [0, 0.1) is 5.82 Å². The van der Waals surface area contributed by atoms with Gasteiger partial charge >= 0.3 is 5.51 Å².